The number of likely N-dealkylation sites (tertiary alicyclic amines) is 1. The van der Waals surface area contributed by atoms with Crippen molar-refractivity contribution in [2.45, 2.75) is 48.9 Å². The first-order valence-corrected chi connectivity index (χ1v) is 9.51. The van der Waals surface area contributed by atoms with Crippen molar-refractivity contribution in [2.75, 3.05) is 24.7 Å². The highest BCUT2D eigenvalue weighted by Crippen LogP contribution is 2.36. The molecule has 5 nitrogen and oxygen atoms in total. The Morgan fingerprint density at radius 2 is 2.14 bits per heavy atom. The van der Waals surface area contributed by atoms with Crippen LogP contribution in [0.2, 0.25) is 0 Å². The Kier molecular flexibility index (Phi) is 5.00. The molecule has 2 atom stereocenters. The van der Waals surface area contributed by atoms with Crippen LogP contribution in [-0.4, -0.2) is 46.4 Å². The molecule has 3 rings (SSSR count). The minimum Gasteiger partial charge on any atom is -0.363 e. The van der Waals surface area contributed by atoms with Crippen LogP contribution in [0.1, 0.15) is 38.5 Å². The lowest BCUT2D eigenvalue weighted by Crippen LogP contribution is -2.50. The normalized spacial score (nSPS) is 25.5. The SMILES string of the molecule is CNc1nnc(SCC(=O)N2CCC[C@H]3CCCC[C@@H]32)s1. The summed E-state index contributed by atoms with van der Waals surface area (Å²) in [7, 11) is 1.83. The number of nitrogens with zero attached hydrogens (tertiary/aromatic N) is 3. The van der Waals surface area contributed by atoms with E-state index in [1.165, 1.54) is 61.6 Å². The van der Waals surface area contributed by atoms with E-state index in [0.717, 1.165) is 21.9 Å². The Bertz CT molecular complexity index is 491. The van der Waals surface area contributed by atoms with Gasteiger partial charge in [-0.25, -0.2) is 0 Å². The summed E-state index contributed by atoms with van der Waals surface area (Å²) in [5, 5.41) is 11.9. The number of nitrogens with one attached hydrogen (secondary N) is 1. The first-order chi connectivity index (χ1) is 10.3. The van der Waals surface area contributed by atoms with Crippen molar-refractivity contribution in [3.8, 4) is 0 Å². The van der Waals surface area contributed by atoms with Gasteiger partial charge in [0.2, 0.25) is 11.0 Å². The fraction of sp³-hybridized carbons (Fsp3) is 0.786. The monoisotopic (exact) mass is 326 g/mol. The predicted octanol–water partition coefficient (Wildman–Crippen LogP) is 2.85. The molecule has 1 amide bonds. The summed E-state index contributed by atoms with van der Waals surface area (Å²) in [5.74, 6) is 1.51. The van der Waals surface area contributed by atoms with Gasteiger partial charge in [0.1, 0.15) is 0 Å². The van der Waals surface area contributed by atoms with E-state index in [2.05, 4.69) is 20.4 Å². The summed E-state index contributed by atoms with van der Waals surface area (Å²) in [6, 6.07) is 0.503. The second-order valence-electron chi connectivity index (χ2n) is 5.75. The average molecular weight is 326 g/mol. The van der Waals surface area contributed by atoms with Crippen LogP contribution in [0.3, 0.4) is 0 Å². The lowest BCUT2D eigenvalue weighted by atomic mass is 9.78. The number of hydrogen-bond donors (Lipinski definition) is 1. The van der Waals surface area contributed by atoms with Gasteiger partial charge in [-0.15, -0.1) is 10.2 Å². The smallest absolute Gasteiger partial charge is 0.233 e. The first-order valence-electron chi connectivity index (χ1n) is 7.71. The highest BCUT2D eigenvalue weighted by atomic mass is 32.2. The molecule has 0 bridgehead atoms. The number of anilines is 1. The van der Waals surface area contributed by atoms with Gasteiger partial charge >= 0.3 is 0 Å². The molecule has 2 aliphatic rings. The molecule has 7 heteroatoms. The van der Waals surface area contributed by atoms with Gasteiger partial charge in [0.25, 0.3) is 0 Å². The van der Waals surface area contributed by atoms with Crippen molar-refractivity contribution < 1.29 is 4.79 Å². The lowest BCUT2D eigenvalue weighted by molar-refractivity contribution is -0.134. The van der Waals surface area contributed by atoms with E-state index < -0.39 is 0 Å². The van der Waals surface area contributed by atoms with Crippen molar-refractivity contribution in [1.29, 1.82) is 0 Å². The lowest BCUT2D eigenvalue weighted by Gasteiger charge is -2.44. The molecule has 0 radical (unpaired) electrons. The Morgan fingerprint density at radius 1 is 1.33 bits per heavy atom. The standard InChI is InChI=1S/C14H22N4OS2/c1-15-13-16-17-14(21-13)20-9-12(19)18-8-4-6-10-5-2-3-7-11(10)18/h10-11H,2-9H2,1H3,(H,15,16)/t10-,11+/m1/s1. The number of hydrogen-bond acceptors (Lipinski definition) is 6. The van der Waals surface area contributed by atoms with E-state index in [1.54, 1.807) is 0 Å². The molecule has 116 valence electrons. The third kappa shape index (κ3) is 3.51. The van der Waals surface area contributed by atoms with Crippen LogP contribution in [0.5, 0.6) is 0 Å². The van der Waals surface area contributed by atoms with E-state index >= 15 is 0 Å². The van der Waals surface area contributed by atoms with E-state index in [-0.39, 0.29) is 5.91 Å². The minimum atomic E-state index is 0.276. The van der Waals surface area contributed by atoms with Gasteiger partial charge in [0.05, 0.1) is 5.75 Å². The average Bonchev–Trinajstić information content (AvgIpc) is 3.00. The second-order valence-corrected chi connectivity index (χ2v) is 7.95. The minimum absolute atomic E-state index is 0.276. The Morgan fingerprint density at radius 3 is 2.95 bits per heavy atom. The molecule has 1 saturated carbocycles. The van der Waals surface area contributed by atoms with Crippen LogP contribution in [0.4, 0.5) is 5.13 Å². The second kappa shape index (κ2) is 6.96. The third-order valence-electron chi connectivity index (χ3n) is 4.50. The first kappa shape index (κ1) is 15.1. The number of carbonyl (C=O) groups is 1. The summed E-state index contributed by atoms with van der Waals surface area (Å²) in [6.07, 6.45) is 7.60. The van der Waals surface area contributed by atoms with Gasteiger partial charge in [-0.05, 0) is 31.6 Å². The zero-order valence-electron chi connectivity index (χ0n) is 12.4. The van der Waals surface area contributed by atoms with Gasteiger partial charge in [-0.2, -0.15) is 0 Å². The van der Waals surface area contributed by atoms with E-state index in [1.807, 2.05) is 7.05 Å². The third-order valence-corrected chi connectivity index (χ3v) is 6.56. The van der Waals surface area contributed by atoms with Gasteiger partial charge in [0.15, 0.2) is 4.34 Å². The van der Waals surface area contributed by atoms with Gasteiger partial charge in [-0.1, -0.05) is 35.9 Å². The summed E-state index contributed by atoms with van der Waals surface area (Å²) in [5.41, 5.74) is 0. The number of thioether (sulfide) groups is 1. The van der Waals surface area contributed by atoms with Crippen molar-refractivity contribution in [3.05, 3.63) is 0 Å². The predicted molar refractivity (Wildman–Crippen MR) is 86.9 cm³/mol. The zero-order valence-corrected chi connectivity index (χ0v) is 14.0. The Hall–Kier alpha value is -0.820. The van der Waals surface area contributed by atoms with Crippen molar-refractivity contribution in [1.82, 2.24) is 15.1 Å². The quantitative estimate of drug-likeness (QED) is 0.862. The highest BCUT2D eigenvalue weighted by molar-refractivity contribution is 8.01. The zero-order chi connectivity index (χ0) is 14.7. The molecule has 1 aliphatic heterocycles. The summed E-state index contributed by atoms with van der Waals surface area (Å²) < 4.78 is 0.866. The van der Waals surface area contributed by atoms with Crippen LogP contribution in [0.25, 0.3) is 0 Å². The Balaban J connectivity index is 1.56. The molecule has 2 fully saturated rings. The fourth-order valence-corrected chi connectivity index (χ4v) is 5.10. The van der Waals surface area contributed by atoms with Crippen LogP contribution in [0, 0.1) is 5.92 Å². The molecule has 2 heterocycles. The number of rotatable bonds is 4. The topological polar surface area (TPSA) is 58.1 Å². The van der Waals surface area contributed by atoms with Crippen LogP contribution in [0.15, 0.2) is 4.34 Å². The van der Waals surface area contributed by atoms with Crippen LogP contribution in [-0.2, 0) is 4.79 Å². The number of amides is 1. The molecule has 1 N–H and O–H groups in total. The van der Waals surface area contributed by atoms with Gasteiger partial charge in [0, 0.05) is 19.6 Å². The number of carbonyl (C=O) groups excluding carboxylic acids is 1. The molecule has 1 aromatic rings. The molecular weight excluding hydrogens is 304 g/mol. The molecule has 0 unspecified atom stereocenters. The Labute approximate surface area is 133 Å². The molecule has 0 aromatic carbocycles. The molecule has 0 spiro atoms. The van der Waals surface area contributed by atoms with E-state index in [4.69, 9.17) is 0 Å². The highest BCUT2D eigenvalue weighted by Gasteiger charge is 2.35. The van der Waals surface area contributed by atoms with Crippen molar-refractivity contribution in [3.63, 3.8) is 0 Å². The maximum absolute atomic E-state index is 12.5. The molecule has 21 heavy (non-hydrogen) atoms. The van der Waals surface area contributed by atoms with Crippen molar-refractivity contribution in [2.24, 2.45) is 5.92 Å². The number of fused-ring (bicyclic) bond motifs is 1. The summed E-state index contributed by atoms with van der Waals surface area (Å²) in [6.45, 7) is 0.943. The van der Waals surface area contributed by atoms with E-state index in [0.29, 0.717) is 11.8 Å². The van der Waals surface area contributed by atoms with E-state index in [9.17, 15) is 4.79 Å². The van der Waals surface area contributed by atoms with Crippen LogP contribution >= 0.6 is 23.1 Å². The van der Waals surface area contributed by atoms with Crippen molar-refractivity contribution >= 4 is 34.1 Å². The maximum atomic E-state index is 12.5. The number of aromatic nitrogens is 2. The summed E-state index contributed by atoms with van der Waals surface area (Å²) >= 11 is 3.01. The number of piperidine rings is 1. The fourth-order valence-electron chi connectivity index (χ4n) is 3.51. The van der Waals surface area contributed by atoms with Gasteiger partial charge in [-0.3, -0.25) is 4.79 Å². The molecule has 1 aromatic heterocycles. The largest absolute Gasteiger partial charge is 0.363 e. The summed E-state index contributed by atoms with van der Waals surface area (Å²) in [4.78, 5) is 14.7. The van der Waals surface area contributed by atoms with Gasteiger partial charge < -0.3 is 10.2 Å². The molecular formula is C14H22N4OS2. The molecule has 1 saturated heterocycles. The molecule has 1 aliphatic carbocycles. The van der Waals surface area contributed by atoms with Crippen LogP contribution < -0.4 is 5.32 Å². The maximum Gasteiger partial charge on any atom is 0.233 e.